The molecular weight excluding hydrogens is 264 g/mol. The largest absolute Gasteiger partial charge is 0.216 e. The predicted octanol–water partition coefficient (Wildman–Crippen LogP) is 3.50. The summed E-state index contributed by atoms with van der Waals surface area (Å²) in [5.41, 5.74) is 0.687. The van der Waals surface area contributed by atoms with Gasteiger partial charge in [0.2, 0.25) is 0 Å². The summed E-state index contributed by atoms with van der Waals surface area (Å²) >= 11 is 11.9. The van der Waals surface area contributed by atoms with E-state index in [1.54, 1.807) is 6.92 Å². The molecule has 0 fully saturated rings. The highest BCUT2D eigenvalue weighted by Gasteiger charge is 2.18. The molecule has 6 heteroatoms. The van der Waals surface area contributed by atoms with Crippen molar-refractivity contribution >= 4 is 23.2 Å². The average Bonchev–Trinajstić information content (AvgIpc) is 2.54. The molecule has 17 heavy (non-hydrogen) atoms. The van der Waals surface area contributed by atoms with Crippen LogP contribution in [0.5, 0.6) is 0 Å². The van der Waals surface area contributed by atoms with Gasteiger partial charge in [0.05, 0.1) is 10.7 Å². The molecule has 2 rings (SSSR count). The summed E-state index contributed by atoms with van der Waals surface area (Å²) in [5, 5.41) is 13.1. The molecule has 0 spiro atoms. The van der Waals surface area contributed by atoms with Gasteiger partial charge in [-0.15, -0.1) is 0 Å². The van der Waals surface area contributed by atoms with Crippen LogP contribution in [0.1, 0.15) is 11.3 Å². The van der Waals surface area contributed by atoms with Crippen LogP contribution in [0.15, 0.2) is 18.2 Å². The van der Waals surface area contributed by atoms with E-state index in [1.807, 2.05) is 6.07 Å². The molecule has 0 saturated heterocycles. The van der Waals surface area contributed by atoms with Crippen LogP contribution < -0.4 is 0 Å². The maximum atomic E-state index is 13.7. The first-order chi connectivity index (χ1) is 8.06. The lowest BCUT2D eigenvalue weighted by Crippen LogP contribution is -2.01. The van der Waals surface area contributed by atoms with Crippen LogP contribution in [0.25, 0.3) is 5.69 Å². The minimum atomic E-state index is -0.550. The molecule has 0 radical (unpaired) electrons. The summed E-state index contributed by atoms with van der Waals surface area (Å²) in [7, 11) is 0. The average molecular weight is 270 g/mol. The third-order valence-electron chi connectivity index (χ3n) is 2.27. The fourth-order valence-electron chi connectivity index (χ4n) is 1.47. The lowest BCUT2D eigenvalue weighted by Gasteiger charge is -2.06. The van der Waals surface area contributed by atoms with Crippen LogP contribution >= 0.6 is 23.2 Å². The lowest BCUT2D eigenvalue weighted by molar-refractivity contribution is 0.610. The molecule has 0 aliphatic rings. The van der Waals surface area contributed by atoms with Gasteiger partial charge >= 0.3 is 0 Å². The van der Waals surface area contributed by atoms with Crippen molar-refractivity contribution in [3.8, 4) is 11.8 Å². The van der Waals surface area contributed by atoms with E-state index in [0.29, 0.717) is 5.69 Å². The highest BCUT2D eigenvalue weighted by molar-refractivity contribution is 6.33. The number of nitriles is 1. The molecule has 86 valence electrons. The zero-order chi connectivity index (χ0) is 12.6. The molecule has 1 heterocycles. The molecule has 0 N–H and O–H groups in total. The molecule has 0 amide bonds. The van der Waals surface area contributed by atoms with Gasteiger partial charge in [-0.1, -0.05) is 29.3 Å². The van der Waals surface area contributed by atoms with Crippen LogP contribution in [0.2, 0.25) is 10.2 Å². The van der Waals surface area contributed by atoms with E-state index in [1.165, 1.54) is 18.2 Å². The molecule has 0 aliphatic carbocycles. The molecule has 1 aromatic heterocycles. The second kappa shape index (κ2) is 4.36. The number of halogens is 3. The van der Waals surface area contributed by atoms with Crippen LogP contribution in [-0.4, -0.2) is 9.78 Å². The Morgan fingerprint density at radius 2 is 2.12 bits per heavy atom. The minimum Gasteiger partial charge on any atom is -0.216 e. The number of hydrogen-bond acceptors (Lipinski definition) is 2. The van der Waals surface area contributed by atoms with Crippen LogP contribution in [0.3, 0.4) is 0 Å². The second-order valence-electron chi connectivity index (χ2n) is 3.35. The normalized spacial score (nSPS) is 10.3. The van der Waals surface area contributed by atoms with Crippen molar-refractivity contribution in [3.63, 3.8) is 0 Å². The molecule has 0 atom stereocenters. The quantitative estimate of drug-likeness (QED) is 0.795. The molecule has 0 saturated carbocycles. The molecular formula is C11H6Cl2FN3. The summed E-state index contributed by atoms with van der Waals surface area (Å²) in [6, 6.07) is 6.17. The van der Waals surface area contributed by atoms with Crippen molar-refractivity contribution in [2.45, 2.75) is 6.92 Å². The van der Waals surface area contributed by atoms with E-state index >= 15 is 0 Å². The summed E-state index contributed by atoms with van der Waals surface area (Å²) in [6.07, 6.45) is 0. The molecule has 0 bridgehead atoms. The Bertz CT molecular complexity index is 608. The van der Waals surface area contributed by atoms with Crippen LogP contribution in [-0.2, 0) is 0 Å². The van der Waals surface area contributed by atoms with Crippen molar-refractivity contribution in [2.75, 3.05) is 0 Å². The first-order valence-electron chi connectivity index (χ1n) is 4.66. The Labute approximate surface area is 107 Å². The molecule has 3 nitrogen and oxygen atoms in total. The Morgan fingerprint density at radius 1 is 1.41 bits per heavy atom. The van der Waals surface area contributed by atoms with E-state index in [0.717, 1.165) is 4.68 Å². The lowest BCUT2D eigenvalue weighted by atomic mass is 10.3. The Balaban J connectivity index is 2.75. The van der Waals surface area contributed by atoms with E-state index in [9.17, 15) is 4.39 Å². The van der Waals surface area contributed by atoms with Crippen molar-refractivity contribution in [1.29, 1.82) is 5.26 Å². The van der Waals surface area contributed by atoms with E-state index in [2.05, 4.69) is 5.10 Å². The van der Waals surface area contributed by atoms with Gasteiger partial charge in [0.1, 0.15) is 23.1 Å². The highest BCUT2D eigenvalue weighted by Crippen LogP contribution is 2.28. The van der Waals surface area contributed by atoms with Gasteiger partial charge in [-0.25, -0.2) is 9.07 Å². The van der Waals surface area contributed by atoms with E-state index < -0.39 is 5.82 Å². The van der Waals surface area contributed by atoms with E-state index in [4.69, 9.17) is 28.5 Å². The third kappa shape index (κ3) is 1.88. The van der Waals surface area contributed by atoms with Gasteiger partial charge in [-0.2, -0.15) is 10.4 Å². The fraction of sp³-hybridized carbons (Fsp3) is 0.0909. The van der Waals surface area contributed by atoms with Crippen molar-refractivity contribution in [1.82, 2.24) is 9.78 Å². The van der Waals surface area contributed by atoms with Crippen LogP contribution in [0.4, 0.5) is 4.39 Å². The zero-order valence-electron chi connectivity index (χ0n) is 8.71. The molecule has 2 aromatic rings. The summed E-state index contributed by atoms with van der Waals surface area (Å²) < 4.78 is 14.8. The van der Waals surface area contributed by atoms with Gasteiger partial charge in [-0.3, -0.25) is 0 Å². The first kappa shape index (κ1) is 11.9. The number of hydrogen-bond donors (Lipinski definition) is 0. The minimum absolute atomic E-state index is 0.0452. The Morgan fingerprint density at radius 3 is 2.65 bits per heavy atom. The number of aromatic nitrogens is 2. The van der Waals surface area contributed by atoms with Gasteiger partial charge < -0.3 is 0 Å². The molecule has 0 unspecified atom stereocenters. The van der Waals surface area contributed by atoms with Gasteiger partial charge in [0, 0.05) is 0 Å². The zero-order valence-corrected chi connectivity index (χ0v) is 10.2. The Kier molecular flexibility index (Phi) is 3.05. The van der Waals surface area contributed by atoms with Gasteiger partial charge in [0.15, 0.2) is 5.15 Å². The summed E-state index contributed by atoms with van der Waals surface area (Å²) in [6.45, 7) is 1.62. The number of aryl methyl sites for hydroxylation is 1. The monoisotopic (exact) mass is 269 g/mol. The van der Waals surface area contributed by atoms with Crippen molar-refractivity contribution in [3.05, 3.63) is 45.4 Å². The topological polar surface area (TPSA) is 41.6 Å². The highest BCUT2D eigenvalue weighted by atomic mass is 35.5. The number of benzene rings is 1. The smallest absolute Gasteiger partial charge is 0.151 e. The number of para-hydroxylation sites is 1. The van der Waals surface area contributed by atoms with E-state index in [-0.39, 0.29) is 21.4 Å². The standard InChI is InChI=1S/C11H6Cl2FN3/c1-6-7(5-15)11(13)17(16-6)10-8(12)3-2-4-9(10)14/h2-4H,1H3. The first-order valence-corrected chi connectivity index (χ1v) is 5.41. The predicted molar refractivity (Wildman–Crippen MR) is 63.0 cm³/mol. The van der Waals surface area contributed by atoms with Crippen molar-refractivity contribution in [2.24, 2.45) is 0 Å². The Hall–Kier alpha value is -1.57. The molecule has 1 aromatic carbocycles. The van der Waals surface area contributed by atoms with Crippen LogP contribution in [0, 0.1) is 24.1 Å². The maximum Gasteiger partial charge on any atom is 0.151 e. The summed E-state index contributed by atoms with van der Waals surface area (Å²) in [5.74, 6) is -0.550. The fourth-order valence-corrected chi connectivity index (χ4v) is 2.01. The summed E-state index contributed by atoms with van der Waals surface area (Å²) in [4.78, 5) is 0. The third-order valence-corrected chi connectivity index (χ3v) is 2.92. The number of nitrogens with zero attached hydrogens (tertiary/aromatic N) is 3. The maximum absolute atomic E-state index is 13.7. The van der Waals surface area contributed by atoms with Gasteiger partial charge in [-0.05, 0) is 19.1 Å². The SMILES string of the molecule is Cc1nn(-c2c(F)cccc2Cl)c(Cl)c1C#N. The van der Waals surface area contributed by atoms with Crippen molar-refractivity contribution < 1.29 is 4.39 Å². The second-order valence-corrected chi connectivity index (χ2v) is 4.11. The number of rotatable bonds is 1. The van der Waals surface area contributed by atoms with Gasteiger partial charge in [0.25, 0.3) is 0 Å². The molecule has 0 aliphatic heterocycles.